The molecule has 2 N–H and O–H groups in total. The monoisotopic (exact) mass is 209 g/mol. The zero-order chi connectivity index (χ0) is 10.5. The van der Waals surface area contributed by atoms with E-state index in [9.17, 15) is 0 Å². The van der Waals surface area contributed by atoms with Gasteiger partial charge in [-0.2, -0.15) is 0 Å². The van der Waals surface area contributed by atoms with E-state index in [1.165, 1.54) is 19.3 Å². The first-order chi connectivity index (χ1) is 7.36. The smallest absolute Gasteiger partial charge is 0.0957 e. The highest BCUT2D eigenvalue weighted by molar-refractivity contribution is 5.03. The minimum absolute atomic E-state index is 0.208. The van der Waals surface area contributed by atoms with Crippen molar-refractivity contribution in [3.8, 4) is 0 Å². The molecule has 15 heavy (non-hydrogen) atoms. The zero-order valence-corrected chi connectivity index (χ0v) is 9.02. The summed E-state index contributed by atoms with van der Waals surface area (Å²) in [6, 6.07) is 2.14. The first-order valence-electron chi connectivity index (χ1n) is 5.74. The SMILES string of the molecule is NC1CCCCCC1OCc1ccoc1. The van der Waals surface area contributed by atoms with Crippen molar-refractivity contribution in [3.05, 3.63) is 24.2 Å². The molecule has 2 rings (SSSR count). The lowest BCUT2D eigenvalue weighted by atomic mass is 10.1. The molecule has 3 nitrogen and oxygen atoms in total. The van der Waals surface area contributed by atoms with E-state index < -0.39 is 0 Å². The van der Waals surface area contributed by atoms with Gasteiger partial charge in [0.1, 0.15) is 0 Å². The second-order valence-corrected chi connectivity index (χ2v) is 4.28. The molecule has 0 bridgehead atoms. The highest BCUT2D eigenvalue weighted by atomic mass is 16.5. The molecular formula is C12H19NO2. The summed E-state index contributed by atoms with van der Waals surface area (Å²) in [5.74, 6) is 0. The summed E-state index contributed by atoms with van der Waals surface area (Å²) in [6.07, 6.45) is 9.58. The summed E-state index contributed by atoms with van der Waals surface area (Å²) in [7, 11) is 0. The van der Waals surface area contributed by atoms with E-state index in [1.807, 2.05) is 6.07 Å². The number of ether oxygens (including phenoxy) is 1. The Bertz CT molecular complexity index is 271. The molecule has 0 aromatic carbocycles. The van der Waals surface area contributed by atoms with Gasteiger partial charge < -0.3 is 14.9 Å². The molecule has 2 atom stereocenters. The fourth-order valence-electron chi connectivity index (χ4n) is 2.09. The van der Waals surface area contributed by atoms with Gasteiger partial charge in [0.25, 0.3) is 0 Å². The number of nitrogens with two attached hydrogens (primary N) is 1. The van der Waals surface area contributed by atoms with Gasteiger partial charge in [0.2, 0.25) is 0 Å². The van der Waals surface area contributed by atoms with E-state index in [1.54, 1.807) is 12.5 Å². The van der Waals surface area contributed by atoms with Gasteiger partial charge in [-0.3, -0.25) is 0 Å². The molecule has 0 spiro atoms. The molecule has 1 fully saturated rings. The molecule has 1 aromatic rings. The second kappa shape index (κ2) is 5.33. The van der Waals surface area contributed by atoms with Crippen molar-refractivity contribution >= 4 is 0 Å². The van der Waals surface area contributed by atoms with Crippen LogP contribution in [0.5, 0.6) is 0 Å². The Morgan fingerprint density at radius 2 is 2.20 bits per heavy atom. The molecule has 1 aliphatic rings. The average molecular weight is 209 g/mol. The standard InChI is InChI=1S/C12H19NO2/c13-11-4-2-1-3-5-12(11)15-9-10-6-7-14-8-10/h6-8,11-12H,1-5,9,13H2. The third kappa shape index (κ3) is 3.08. The van der Waals surface area contributed by atoms with Gasteiger partial charge in [-0.1, -0.05) is 19.3 Å². The van der Waals surface area contributed by atoms with E-state index in [-0.39, 0.29) is 12.1 Å². The molecule has 0 aliphatic heterocycles. The minimum Gasteiger partial charge on any atom is -0.472 e. The largest absolute Gasteiger partial charge is 0.472 e. The molecule has 2 unspecified atom stereocenters. The molecule has 0 amide bonds. The summed E-state index contributed by atoms with van der Waals surface area (Å²) in [5, 5.41) is 0. The first kappa shape index (κ1) is 10.7. The second-order valence-electron chi connectivity index (χ2n) is 4.28. The van der Waals surface area contributed by atoms with E-state index in [4.69, 9.17) is 14.9 Å². The Labute approximate surface area is 90.6 Å². The van der Waals surface area contributed by atoms with E-state index >= 15 is 0 Å². The van der Waals surface area contributed by atoms with Crippen LogP contribution in [0.1, 0.15) is 37.7 Å². The van der Waals surface area contributed by atoms with Crippen LogP contribution in [-0.4, -0.2) is 12.1 Å². The molecule has 1 saturated carbocycles. The summed E-state index contributed by atoms with van der Waals surface area (Å²) in [4.78, 5) is 0. The summed E-state index contributed by atoms with van der Waals surface area (Å²) >= 11 is 0. The Balaban J connectivity index is 1.81. The van der Waals surface area contributed by atoms with Crippen LogP contribution in [0.15, 0.2) is 23.0 Å². The van der Waals surface area contributed by atoms with Crippen molar-refractivity contribution in [3.63, 3.8) is 0 Å². The van der Waals surface area contributed by atoms with Crippen LogP contribution < -0.4 is 5.73 Å². The number of hydrogen-bond donors (Lipinski definition) is 1. The van der Waals surface area contributed by atoms with Crippen molar-refractivity contribution < 1.29 is 9.15 Å². The molecule has 1 aliphatic carbocycles. The number of hydrogen-bond acceptors (Lipinski definition) is 3. The van der Waals surface area contributed by atoms with Gasteiger partial charge in [-0.25, -0.2) is 0 Å². The average Bonchev–Trinajstić information content (AvgIpc) is 2.67. The lowest BCUT2D eigenvalue weighted by Gasteiger charge is -2.21. The highest BCUT2D eigenvalue weighted by Crippen LogP contribution is 2.20. The van der Waals surface area contributed by atoms with Crippen molar-refractivity contribution in [1.82, 2.24) is 0 Å². The normalized spacial score (nSPS) is 27.5. The number of rotatable bonds is 3. The van der Waals surface area contributed by atoms with Crippen molar-refractivity contribution in [2.45, 2.75) is 50.9 Å². The zero-order valence-electron chi connectivity index (χ0n) is 9.02. The number of furan rings is 1. The maximum absolute atomic E-state index is 6.07. The topological polar surface area (TPSA) is 48.4 Å². The maximum Gasteiger partial charge on any atom is 0.0957 e. The summed E-state index contributed by atoms with van der Waals surface area (Å²) in [6.45, 7) is 0.620. The Kier molecular flexibility index (Phi) is 3.80. The van der Waals surface area contributed by atoms with Crippen LogP contribution in [0.25, 0.3) is 0 Å². The Hall–Kier alpha value is -0.800. The van der Waals surface area contributed by atoms with Crippen molar-refractivity contribution in [2.75, 3.05) is 0 Å². The van der Waals surface area contributed by atoms with Crippen LogP contribution >= 0.6 is 0 Å². The van der Waals surface area contributed by atoms with Gasteiger partial charge in [-0.05, 0) is 18.9 Å². The van der Waals surface area contributed by atoms with Crippen LogP contribution in [0, 0.1) is 0 Å². The van der Waals surface area contributed by atoms with Gasteiger partial charge in [0, 0.05) is 11.6 Å². The van der Waals surface area contributed by atoms with Crippen molar-refractivity contribution in [2.24, 2.45) is 5.73 Å². The molecular weight excluding hydrogens is 190 g/mol. The van der Waals surface area contributed by atoms with E-state index in [2.05, 4.69) is 0 Å². The third-order valence-corrected chi connectivity index (χ3v) is 3.05. The molecule has 84 valence electrons. The van der Waals surface area contributed by atoms with Crippen LogP contribution in [0.2, 0.25) is 0 Å². The van der Waals surface area contributed by atoms with Crippen LogP contribution in [0.3, 0.4) is 0 Å². The van der Waals surface area contributed by atoms with Crippen LogP contribution in [-0.2, 0) is 11.3 Å². The van der Waals surface area contributed by atoms with Gasteiger partial charge in [-0.15, -0.1) is 0 Å². The Morgan fingerprint density at radius 1 is 1.33 bits per heavy atom. The molecule has 3 heteroatoms. The quantitative estimate of drug-likeness (QED) is 0.778. The lowest BCUT2D eigenvalue weighted by molar-refractivity contribution is 0.0192. The predicted molar refractivity (Wildman–Crippen MR) is 58.3 cm³/mol. The minimum atomic E-state index is 0.208. The fourth-order valence-corrected chi connectivity index (χ4v) is 2.09. The van der Waals surface area contributed by atoms with E-state index in [0.717, 1.165) is 18.4 Å². The van der Waals surface area contributed by atoms with Crippen LogP contribution in [0.4, 0.5) is 0 Å². The molecule has 0 radical (unpaired) electrons. The molecule has 0 saturated heterocycles. The highest BCUT2D eigenvalue weighted by Gasteiger charge is 2.20. The molecule has 1 aromatic heterocycles. The van der Waals surface area contributed by atoms with Gasteiger partial charge in [0.15, 0.2) is 0 Å². The van der Waals surface area contributed by atoms with Gasteiger partial charge >= 0.3 is 0 Å². The maximum atomic E-state index is 6.07. The summed E-state index contributed by atoms with van der Waals surface area (Å²) < 4.78 is 10.8. The van der Waals surface area contributed by atoms with Crippen molar-refractivity contribution in [1.29, 1.82) is 0 Å². The van der Waals surface area contributed by atoms with E-state index in [0.29, 0.717) is 6.61 Å². The van der Waals surface area contributed by atoms with Gasteiger partial charge in [0.05, 0.1) is 25.2 Å². The predicted octanol–water partition coefficient (Wildman–Crippen LogP) is 2.46. The Morgan fingerprint density at radius 3 is 3.00 bits per heavy atom. The molecule has 1 heterocycles. The lowest BCUT2D eigenvalue weighted by Crippen LogP contribution is -2.35. The first-order valence-corrected chi connectivity index (χ1v) is 5.74. The third-order valence-electron chi connectivity index (χ3n) is 3.05. The summed E-state index contributed by atoms with van der Waals surface area (Å²) in [5.41, 5.74) is 7.16. The fraction of sp³-hybridized carbons (Fsp3) is 0.667.